The highest BCUT2D eigenvalue weighted by Gasteiger charge is 2.25. The molecule has 0 aromatic carbocycles. The van der Waals surface area contributed by atoms with Crippen LogP contribution in [0, 0.1) is 6.92 Å². The van der Waals surface area contributed by atoms with Crippen LogP contribution in [0.15, 0.2) is 12.4 Å². The minimum Gasteiger partial charge on any atom is -0.484 e. The van der Waals surface area contributed by atoms with Gasteiger partial charge in [-0.15, -0.1) is 0 Å². The second kappa shape index (κ2) is 11.4. The minimum atomic E-state index is -0.0847. The lowest BCUT2D eigenvalue weighted by atomic mass is 9.91. The Hall–Kier alpha value is -1.12. The fraction of sp³-hybridized carbons (Fsp3) is 0.800. The van der Waals surface area contributed by atoms with Gasteiger partial charge in [-0.2, -0.15) is 0 Å². The molecule has 0 fully saturated rings. The van der Waals surface area contributed by atoms with E-state index in [4.69, 9.17) is 4.74 Å². The Balaban J connectivity index is 2.53. The number of aromatic nitrogens is 2. The maximum atomic E-state index is 6.32. The lowest BCUT2D eigenvalue weighted by molar-refractivity contribution is 0.0628. The summed E-state index contributed by atoms with van der Waals surface area (Å²) < 4.78 is 6.32. The second-order valence-corrected chi connectivity index (χ2v) is 6.99. The van der Waals surface area contributed by atoms with E-state index in [1.54, 1.807) is 0 Å². The van der Waals surface area contributed by atoms with Crippen LogP contribution in [0.1, 0.15) is 97.2 Å². The average Bonchev–Trinajstić information content (AvgIpc) is 2.54. The Kier molecular flexibility index (Phi) is 9.89. The van der Waals surface area contributed by atoms with E-state index in [1.807, 2.05) is 19.3 Å². The topological polar surface area (TPSA) is 35.0 Å². The summed E-state index contributed by atoms with van der Waals surface area (Å²) in [6, 6.07) is 0. The van der Waals surface area contributed by atoms with E-state index in [1.165, 1.54) is 57.8 Å². The number of rotatable bonds is 13. The van der Waals surface area contributed by atoms with Gasteiger partial charge in [0.05, 0.1) is 12.4 Å². The summed E-state index contributed by atoms with van der Waals surface area (Å²) in [5.41, 5.74) is -0.0847. The fourth-order valence-electron chi connectivity index (χ4n) is 2.97. The zero-order valence-electron chi connectivity index (χ0n) is 15.7. The van der Waals surface area contributed by atoms with Crippen LogP contribution in [0.3, 0.4) is 0 Å². The normalized spacial score (nSPS) is 13.7. The molecule has 0 saturated heterocycles. The quantitative estimate of drug-likeness (QED) is 0.403. The molecule has 0 bridgehead atoms. The van der Waals surface area contributed by atoms with Crippen LogP contribution >= 0.6 is 0 Å². The lowest BCUT2D eigenvalue weighted by Gasteiger charge is -2.31. The van der Waals surface area contributed by atoms with Crippen molar-refractivity contribution in [1.82, 2.24) is 9.97 Å². The van der Waals surface area contributed by atoms with Gasteiger partial charge in [0, 0.05) is 0 Å². The molecule has 1 unspecified atom stereocenters. The Morgan fingerprint density at radius 1 is 0.826 bits per heavy atom. The van der Waals surface area contributed by atoms with Crippen molar-refractivity contribution in [3.63, 3.8) is 0 Å². The molecule has 0 saturated carbocycles. The molecule has 0 amide bonds. The van der Waals surface area contributed by atoms with Gasteiger partial charge in [0.25, 0.3) is 0 Å². The molecule has 1 heterocycles. The highest BCUT2D eigenvalue weighted by atomic mass is 16.5. The standard InChI is InChI=1S/C20H36N2O/c1-5-7-9-11-13-15-20(4,14-12-10-8-6-2)23-19-16-21-18(3)22-17-19/h16-17H,5-15H2,1-4H3. The fourth-order valence-corrected chi connectivity index (χ4v) is 2.97. The summed E-state index contributed by atoms with van der Waals surface area (Å²) in [7, 11) is 0. The SMILES string of the molecule is CCCCCCCC(C)(CCCCCC)Oc1cnc(C)nc1. The largest absolute Gasteiger partial charge is 0.484 e. The van der Waals surface area contributed by atoms with Crippen molar-refractivity contribution in [2.24, 2.45) is 0 Å². The van der Waals surface area contributed by atoms with E-state index in [9.17, 15) is 0 Å². The lowest BCUT2D eigenvalue weighted by Crippen LogP contribution is -2.32. The molecule has 23 heavy (non-hydrogen) atoms. The van der Waals surface area contributed by atoms with Crippen LogP contribution in [0.5, 0.6) is 5.75 Å². The van der Waals surface area contributed by atoms with Crippen molar-refractivity contribution >= 4 is 0 Å². The van der Waals surface area contributed by atoms with E-state index in [0.717, 1.165) is 24.4 Å². The molecule has 0 aliphatic carbocycles. The molecule has 0 aliphatic rings. The Morgan fingerprint density at radius 2 is 1.30 bits per heavy atom. The average molecular weight is 321 g/mol. The number of hydrogen-bond donors (Lipinski definition) is 0. The monoisotopic (exact) mass is 320 g/mol. The van der Waals surface area contributed by atoms with Crippen molar-refractivity contribution in [3.8, 4) is 5.75 Å². The molecule has 132 valence electrons. The highest BCUT2D eigenvalue weighted by molar-refractivity contribution is 5.13. The molecule has 1 atom stereocenters. The summed E-state index contributed by atoms with van der Waals surface area (Å²) >= 11 is 0. The molecule has 3 nitrogen and oxygen atoms in total. The molecular weight excluding hydrogens is 284 g/mol. The van der Waals surface area contributed by atoms with Gasteiger partial charge in [-0.3, -0.25) is 0 Å². The molecule has 1 aromatic rings. The second-order valence-electron chi connectivity index (χ2n) is 6.99. The van der Waals surface area contributed by atoms with E-state index in [0.29, 0.717) is 0 Å². The number of nitrogens with zero attached hydrogens (tertiary/aromatic N) is 2. The van der Waals surface area contributed by atoms with Crippen molar-refractivity contribution < 1.29 is 4.74 Å². The third-order valence-corrected chi connectivity index (χ3v) is 4.49. The van der Waals surface area contributed by atoms with E-state index in [2.05, 4.69) is 30.7 Å². The number of ether oxygens (including phenoxy) is 1. The molecule has 0 N–H and O–H groups in total. The molecule has 0 radical (unpaired) electrons. The van der Waals surface area contributed by atoms with Gasteiger partial charge >= 0.3 is 0 Å². The summed E-state index contributed by atoms with van der Waals surface area (Å²) in [5.74, 6) is 1.60. The van der Waals surface area contributed by atoms with Crippen LogP contribution in [-0.4, -0.2) is 15.6 Å². The van der Waals surface area contributed by atoms with Crippen LogP contribution < -0.4 is 4.74 Å². The third kappa shape index (κ3) is 8.92. The Bertz CT molecular complexity index is 405. The van der Waals surface area contributed by atoms with Crippen LogP contribution in [0.25, 0.3) is 0 Å². The molecule has 1 aromatic heterocycles. The van der Waals surface area contributed by atoms with E-state index < -0.39 is 0 Å². The first kappa shape index (κ1) is 19.9. The first-order chi connectivity index (χ1) is 11.1. The van der Waals surface area contributed by atoms with Crippen LogP contribution in [0.2, 0.25) is 0 Å². The molecule has 0 aliphatic heterocycles. The van der Waals surface area contributed by atoms with Gasteiger partial charge in [-0.1, -0.05) is 58.8 Å². The van der Waals surface area contributed by atoms with Gasteiger partial charge in [0.15, 0.2) is 5.75 Å². The van der Waals surface area contributed by atoms with E-state index >= 15 is 0 Å². The Labute approximate surface area is 143 Å². The number of aryl methyl sites for hydroxylation is 1. The molecular formula is C20H36N2O. The summed E-state index contributed by atoms with van der Waals surface area (Å²) in [5, 5.41) is 0. The summed E-state index contributed by atoms with van der Waals surface area (Å²) in [6.45, 7) is 8.69. The van der Waals surface area contributed by atoms with E-state index in [-0.39, 0.29) is 5.60 Å². The minimum absolute atomic E-state index is 0.0847. The number of unbranched alkanes of at least 4 members (excludes halogenated alkanes) is 7. The van der Waals surface area contributed by atoms with Crippen LogP contribution in [-0.2, 0) is 0 Å². The summed E-state index contributed by atoms with van der Waals surface area (Å²) in [4.78, 5) is 8.52. The van der Waals surface area contributed by atoms with Gasteiger partial charge in [-0.25, -0.2) is 9.97 Å². The zero-order chi connectivity index (χ0) is 17.0. The van der Waals surface area contributed by atoms with Crippen LogP contribution in [0.4, 0.5) is 0 Å². The first-order valence-corrected chi connectivity index (χ1v) is 9.57. The summed E-state index contributed by atoms with van der Waals surface area (Å²) in [6.07, 6.45) is 17.5. The van der Waals surface area contributed by atoms with Crippen molar-refractivity contribution in [2.45, 2.75) is 104 Å². The predicted molar refractivity (Wildman–Crippen MR) is 97.9 cm³/mol. The highest BCUT2D eigenvalue weighted by Crippen LogP contribution is 2.28. The Morgan fingerprint density at radius 3 is 1.83 bits per heavy atom. The van der Waals surface area contributed by atoms with Gasteiger partial charge in [-0.05, 0) is 39.5 Å². The van der Waals surface area contributed by atoms with Gasteiger partial charge < -0.3 is 4.74 Å². The van der Waals surface area contributed by atoms with Crippen molar-refractivity contribution in [1.29, 1.82) is 0 Å². The van der Waals surface area contributed by atoms with Crippen molar-refractivity contribution in [2.75, 3.05) is 0 Å². The predicted octanol–water partition coefficient (Wildman–Crippen LogP) is 6.25. The van der Waals surface area contributed by atoms with Gasteiger partial charge in [0.2, 0.25) is 0 Å². The van der Waals surface area contributed by atoms with Crippen molar-refractivity contribution in [3.05, 3.63) is 18.2 Å². The molecule has 0 spiro atoms. The maximum absolute atomic E-state index is 6.32. The third-order valence-electron chi connectivity index (χ3n) is 4.49. The number of hydrogen-bond acceptors (Lipinski definition) is 3. The molecule has 3 heteroatoms. The molecule has 1 rings (SSSR count). The zero-order valence-corrected chi connectivity index (χ0v) is 15.7. The first-order valence-electron chi connectivity index (χ1n) is 9.57. The maximum Gasteiger partial charge on any atom is 0.156 e. The smallest absolute Gasteiger partial charge is 0.156 e. The van der Waals surface area contributed by atoms with Gasteiger partial charge in [0.1, 0.15) is 11.4 Å².